The second-order valence-corrected chi connectivity index (χ2v) is 6.03. The number of benzene rings is 1. The molecule has 2 saturated carbocycles. The van der Waals surface area contributed by atoms with Crippen LogP contribution >= 0.6 is 0 Å². The lowest BCUT2D eigenvalue weighted by Crippen LogP contribution is -2.63. The molecule has 3 heteroatoms. The number of hydrogen-bond donors (Lipinski definition) is 1. The first-order valence-electron chi connectivity index (χ1n) is 7.85. The van der Waals surface area contributed by atoms with E-state index in [0.717, 1.165) is 17.9 Å². The van der Waals surface area contributed by atoms with Gasteiger partial charge in [0.15, 0.2) is 0 Å². The van der Waals surface area contributed by atoms with Crippen molar-refractivity contribution in [1.29, 1.82) is 0 Å². The lowest BCUT2D eigenvalue weighted by Gasteiger charge is -2.53. The van der Waals surface area contributed by atoms with Crippen LogP contribution in [0.4, 0.5) is 0 Å². The van der Waals surface area contributed by atoms with E-state index in [-0.39, 0.29) is 0 Å². The molecule has 0 bridgehead atoms. The van der Waals surface area contributed by atoms with Crippen LogP contribution in [-0.2, 0) is 0 Å². The van der Waals surface area contributed by atoms with E-state index < -0.39 is 0 Å². The average molecular weight is 275 g/mol. The fourth-order valence-electron chi connectivity index (χ4n) is 3.99. The zero-order valence-corrected chi connectivity index (χ0v) is 12.5. The van der Waals surface area contributed by atoms with Crippen molar-refractivity contribution in [3.63, 3.8) is 0 Å². The summed E-state index contributed by atoms with van der Waals surface area (Å²) >= 11 is 0. The highest BCUT2D eigenvalue weighted by molar-refractivity contribution is 5.33. The first-order valence-corrected chi connectivity index (χ1v) is 7.85. The van der Waals surface area contributed by atoms with Crippen molar-refractivity contribution in [3.8, 4) is 11.5 Å². The summed E-state index contributed by atoms with van der Waals surface area (Å²) < 4.78 is 11.8. The lowest BCUT2D eigenvalue weighted by molar-refractivity contribution is -0.0736. The second-order valence-electron chi connectivity index (χ2n) is 6.03. The van der Waals surface area contributed by atoms with Crippen LogP contribution in [0.2, 0.25) is 0 Å². The molecule has 1 N–H and O–H groups in total. The van der Waals surface area contributed by atoms with E-state index in [9.17, 15) is 0 Å². The van der Waals surface area contributed by atoms with Crippen LogP contribution < -0.4 is 14.8 Å². The molecule has 0 saturated heterocycles. The molecule has 3 nitrogen and oxygen atoms in total. The Bertz CT molecular complexity index is 454. The van der Waals surface area contributed by atoms with Gasteiger partial charge in [0.2, 0.25) is 0 Å². The summed E-state index contributed by atoms with van der Waals surface area (Å²) in [6, 6.07) is 8.68. The first kappa shape index (κ1) is 13.7. The topological polar surface area (TPSA) is 30.5 Å². The maximum Gasteiger partial charge on any atom is 0.123 e. The second kappa shape index (κ2) is 5.65. The Morgan fingerprint density at radius 3 is 2.70 bits per heavy atom. The monoisotopic (exact) mass is 275 g/mol. The summed E-state index contributed by atoms with van der Waals surface area (Å²) in [6.07, 6.45) is 6.77. The van der Waals surface area contributed by atoms with E-state index in [0.29, 0.717) is 24.2 Å². The molecule has 0 amide bonds. The highest BCUT2D eigenvalue weighted by Gasteiger charge is 2.56. The Balaban J connectivity index is 1.70. The molecule has 3 rings (SSSR count). The van der Waals surface area contributed by atoms with E-state index in [1.807, 2.05) is 31.2 Å². The Labute approximate surface area is 121 Å². The molecule has 2 fully saturated rings. The Morgan fingerprint density at radius 1 is 1.25 bits per heavy atom. The largest absolute Gasteiger partial charge is 0.494 e. The van der Waals surface area contributed by atoms with Gasteiger partial charge in [-0.3, -0.25) is 0 Å². The lowest BCUT2D eigenvalue weighted by atomic mass is 9.60. The minimum Gasteiger partial charge on any atom is -0.494 e. The third kappa shape index (κ3) is 2.28. The van der Waals surface area contributed by atoms with Crippen LogP contribution in [0, 0.1) is 5.41 Å². The maximum absolute atomic E-state index is 6.29. The van der Waals surface area contributed by atoms with Crippen molar-refractivity contribution in [2.24, 2.45) is 5.41 Å². The molecule has 1 aromatic carbocycles. The minimum atomic E-state index is 0.360. The van der Waals surface area contributed by atoms with Gasteiger partial charge in [-0.2, -0.15) is 0 Å². The molecule has 2 atom stereocenters. The molecule has 20 heavy (non-hydrogen) atoms. The smallest absolute Gasteiger partial charge is 0.123 e. The molecule has 110 valence electrons. The van der Waals surface area contributed by atoms with Gasteiger partial charge in [0.25, 0.3) is 0 Å². The number of hydrogen-bond acceptors (Lipinski definition) is 3. The van der Waals surface area contributed by atoms with Gasteiger partial charge in [0.1, 0.15) is 17.6 Å². The van der Waals surface area contributed by atoms with E-state index in [4.69, 9.17) is 9.47 Å². The molecule has 1 aromatic rings. The van der Waals surface area contributed by atoms with Crippen LogP contribution in [0.25, 0.3) is 0 Å². The Kier molecular flexibility index (Phi) is 3.88. The van der Waals surface area contributed by atoms with Crippen LogP contribution in [0.1, 0.15) is 39.0 Å². The van der Waals surface area contributed by atoms with E-state index >= 15 is 0 Å². The molecule has 2 aliphatic carbocycles. The average Bonchev–Trinajstić information content (AvgIpc) is 2.96. The summed E-state index contributed by atoms with van der Waals surface area (Å²) in [5, 5.41) is 3.48. The summed E-state index contributed by atoms with van der Waals surface area (Å²) in [7, 11) is 2.08. The van der Waals surface area contributed by atoms with Crippen LogP contribution in [-0.4, -0.2) is 25.8 Å². The van der Waals surface area contributed by atoms with Gasteiger partial charge in [0, 0.05) is 23.9 Å². The summed E-state index contributed by atoms with van der Waals surface area (Å²) in [5.41, 5.74) is 0.371. The fourth-order valence-corrected chi connectivity index (χ4v) is 3.99. The molecule has 0 aromatic heterocycles. The zero-order chi connectivity index (χ0) is 14.0. The summed E-state index contributed by atoms with van der Waals surface area (Å²) in [4.78, 5) is 0. The maximum atomic E-state index is 6.29. The van der Waals surface area contributed by atoms with Gasteiger partial charge < -0.3 is 14.8 Å². The van der Waals surface area contributed by atoms with E-state index in [2.05, 4.69) is 12.4 Å². The van der Waals surface area contributed by atoms with Crippen molar-refractivity contribution >= 4 is 0 Å². The number of nitrogens with one attached hydrogen (secondary N) is 1. The Hall–Kier alpha value is -1.22. The normalized spacial score (nSPS) is 27.3. The van der Waals surface area contributed by atoms with Gasteiger partial charge in [-0.15, -0.1) is 0 Å². The molecule has 0 heterocycles. The van der Waals surface area contributed by atoms with Crippen molar-refractivity contribution in [2.75, 3.05) is 13.7 Å². The van der Waals surface area contributed by atoms with Crippen molar-refractivity contribution in [3.05, 3.63) is 24.3 Å². The van der Waals surface area contributed by atoms with E-state index in [1.54, 1.807) is 0 Å². The van der Waals surface area contributed by atoms with Crippen LogP contribution in [0.5, 0.6) is 11.5 Å². The predicted octanol–water partition coefficient (Wildman–Crippen LogP) is 3.38. The first-order chi connectivity index (χ1) is 9.78. The van der Waals surface area contributed by atoms with Gasteiger partial charge in [-0.25, -0.2) is 0 Å². The van der Waals surface area contributed by atoms with E-state index in [1.165, 1.54) is 25.7 Å². The van der Waals surface area contributed by atoms with Gasteiger partial charge >= 0.3 is 0 Å². The molecular weight excluding hydrogens is 250 g/mol. The standard InChI is InChI=1S/C17H25NO2/c1-3-19-13-7-6-8-14(11-13)20-16-12-15(18-2)17(16)9-4-5-10-17/h6-8,11,15-16,18H,3-5,9-10,12H2,1-2H3. The molecule has 2 aliphatic rings. The summed E-state index contributed by atoms with van der Waals surface area (Å²) in [6.45, 7) is 2.70. The highest BCUT2D eigenvalue weighted by atomic mass is 16.5. The fraction of sp³-hybridized carbons (Fsp3) is 0.647. The molecule has 1 spiro atoms. The molecule has 2 unspecified atom stereocenters. The third-order valence-electron chi connectivity index (χ3n) is 5.06. The zero-order valence-electron chi connectivity index (χ0n) is 12.5. The third-order valence-corrected chi connectivity index (χ3v) is 5.06. The quantitative estimate of drug-likeness (QED) is 0.893. The molecular formula is C17H25NO2. The molecule has 0 radical (unpaired) electrons. The van der Waals surface area contributed by atoms with Crippen molar-refractivity contribution in [1.82, 2.24) is 5.32 Å². The predicted molar refractivity (Wildman–Crippen MR) is 80.4 cm³/mol. The van der Waals surface area contributed by atoms with Crippen molar-refractivity contribution < 1.29 is 9.47 Å². The highest BCUT2D eigenvalue weighted by Crippen LogP contribution is 2.54. The number of rotatable bonds is 5. The van der Waals surface area contributed by atoms with Gasteiger partial charge in [-0.05, 0) is 38.9 Å². The molecule has 0 aliphatic heterocycles. The van der Waals surface area contributed by atoms with Gasteiger partial charge in [-0.1, -0.05) is 18.9 Å². The SMILES string of the molecule is CCOc1cccc(OC2CC(NC)C23CCCC3)c1. The Morgan fingerprint density at radius 2 is 2.00 bits per heavy atom. The van der Waals surface area contributed by atoms with Crippen LogP contribution in [0.3, 0.4) is 0 Å². The summed E-state index contributed by atoms with van der Waals surface area (Å²) in [5.74, 6) is 1.84. The van der Waals surface area contributed by atoms with Crippen molar-refractivity contribution in [2.45, 2.75) is 51.2 Å². The van der Waals surface area contributed by atoms with Crippen LogP contribution in [0.15, 0.2) is 24.3 Å². The van der Waals surface area contributed by atoms with Gasteiger partial charge in [0.05, 0.1) is 6.61 Å². The minimum absolute atomic E-state index is 0.360. The number of ether oxygens (including phenoxy) is 2.